The van der Waals surface area contributed by atoms with Crippen molar-refractivity contribution in [2.24, 2.45) is 0 Å². The van der Waals surface area contributed by atoms with Crippen LogP contribution in [0, 0.1) is 0 Å². The van der Waals surface area contributed by atoms with Gasteiger partial charge in [-0.1, -0.05) is 0 Å². The molecule has 0 aliphatic carbocycles. The highest BCUT2D eigenvalue weighted by atomic mass is 32.2. The van der Waals surface area contributed by atoms with Crippen molar-refractivity contribution in [3.8, 4) is 5.75 Å². The molecule has 1 aliphatic rings. The number of halogens is 3. The molecular formula is C18H19F3N2O6S. The molecule has 0 atom stereocenters. The molecule has 0 unspecified atom stereocenters. The largest absolute Gasteiger partial charge is 0.534 e. The Balaban J connectivity index is 2.06. The topological polar surface area (TPSA) is 106 Å². The summed E-state index contributed by atoms with van der Waals surface area (Å²) in [7, 11) is -3.91. The number of nitrogens with one attached hydrogen (secondary N) is 1. The van der Waals surface area contributed by atoms with Crippen molar-refractivity contribution in [1.82, 2.24) is 4.90 Å². The van der Waals surface area contributed by atoms with Gasteiger partial charge in [-0.15, -0.1) is 0 Å². The van der Waals surface area contributed by atoms with Crippen molar-refractivity contribution >= 4 is 32.6 Å². The van der Waals surface area contributed by atoms with Crippen LogP contribution in [0.25, 0.3) is 11.0 Å². The molecule has 0 radical (unpaired) electrons. The normalized spacial score (nSPS) is 16.6. The average molecular weight is 448 g/mol. The molecule has 1 N–H and O–H groups in total. The second kappa shape index (κ2) is 7.91. The van der Waals surface area contributed by atoms with E-state index in [0.29, 0.717) is 0 Å². The van der Waals surface area contributed by atoms with Gasteiger partial charge < -0.3 is 18.8 Å². The molecule has 1 aliphatic heterocycles. The smallest absolute Gasteiger partial charge is 0.422 e. The van der Waals surface area contributed by atoms with Crippen LogP contribution in [0.5, 0.6) is 5.75 Å². The molecule has 0 saturated carbocycles. The van der Waals surface area contributed by atoms with E-state index in [1.54, 1.807) is 0 Å². The van der Waals surface area contributed by atoms with Crippen molar-refractivity contribution < 1.29 is 35.0 Å². The fourth-order valence-electron chi connectivity index (χ4n) is 3.23. The van der Waals surface area contributed by atoms with Gasteiger partial charge in [0, 0.05) is 17.5 Å². The summed E-state index contributed by atoms with van der Waals surface area (Å²) in [6.07, 6.45) is 1.50. The molecule has 2 aromatic rings. The first-order valence-corrected chi connectivity index (χ1v) is 10.4. The Bertz CT molecular complexity index is 1140. The van der Waals surface area contributed by atoms with E-state index in [1.165, 1.54) is 13.0 Å². The standard InChI is InChI=1S/C18H19F3N2O6S/c1-10(24)15-16(22-11-5-7-23(2)8-6-11)13-4-3-12(9-14(13)28-17(15)25)29-30(26,27)18(19,20)21/h3-4,9,11,22H,5-8H2,1-2H3. The summed E-state index contributed by atoms with van der Waals surface area (Å²) in [6, 6.07) is 3.06. The van der Waals surface area contributed by atoms with Crippen molar-refractivity contribution in [3.05, 3.63) is 34.2 Å². The lowest BCUT2D eigenvalue weighted by Gasteiger charge is -2.30. The maximum atomic E-state index is 12.6. The molecule has 30 heavy (non-hydrogen) atoms. The van der Waals surface area contributed by atoms with E-state index in [0.717, 1.165) is 38.1 Å². The molecule has 0 amide bonds. The number of carbonyl (C=O) groups excluding carboxylic acids is 1. The molecule has 1 saturated heterocycles. The molecule has 1 aromatic heterocycles. The Morgan fingerprint density at radius 3 is 2.47 bits per heavy atom. The SMILES string of the molecule is CC(=O)c1c(NC2CCN(C)CC2)c2ccc(OS(=O)(=O)C(F)(F)F)cc2oc1=O. The Morgan fingerprint density at radius 1 is 1.27 bits per heavy atom. The van der Waals surface area contributed by atoms with Gasteiger partial charge in [-0.25, -0.2) is 4.79 Å². The number of carbonyl (C=O) groups is 1. The number of Topliss-reactive ketones (excluding diaryl/α,β-unsaturated/α-hetero) is 1. The Kier molecular flexibility index (Phi) is 5.83. The Morgan fingerprint density at radius 2 is 1.90 bits per heavy atom. The summed E-state index contributed by atoms with van der Waals surface area (Å²) in [5, 5.41) is 3.43. The first-order chi connectivity index (χ1) is 13.9. The predicted molar refractivity (Wildman–Crippen MR) is 102 cm³/mol. The van der Waals surface area contributed by atoms with Gasteiger partial charge in [-0.3, -0.25) is 4.79 Å². The third-order valence-corrected chi connectivity index (χ3v) is 5.77. The highest BCUT2D eigenvalue weighted by molar-refractivity contribution is 7.88. The van der Waals surface area contributed by atoms with Crippen LogP contribution in [-0.2, 0) is 10.1 Å². The Hall–Kier alpha value is -2.60. The molecule has 8 nitrogen and oxygen atoms in total. The molecular weight excluding hydrogens is 429 g/mol. The maximum Gasteiger partial charge on any atom is 0.534 e. The molecule has 0 spiro atoms. The number of piperidine rings is 1. The van der Waals surface area contributed by atoms with Crippen LogP contribution in [-0.4, -0.2) is 50.8 Å². The van der Waals surface area contributed by atoms with Crippen molar-refractivity contribution in [2.75, 3.05) is 25.5 Å². The monoisotopic (exact) mass is 448 g/mol. The van der Waals surface area contributed by atoms with E-state index < -0.39 is 32.8 Å². The number of hydrogen-bond acceptors (Lipinski definition) is 8. The van der Waals surface area contributed by atoms with Gasteiger partial charge >= 0.3 is 21.3 Å². The van der Waals surface area contributed by atoms with E-state index >= 15 is 0 Å². The minimum atomic E-state index is -5.88. The first-order valence-electron chi connectivity index (χ1n) is 8.96. The summed E-state index contributed by atoms with van der Waals surface area (Å²) in [5.41, 5.74) is -6.81. The van der Waals surface area contributed by atoms with Crippen molar-refractivity contribution in [2.45, 2.75) is 31.3 Å². The third-order valence-electron chi connectivity index (χ3n) is 4.79. The number of hydrogen-bond donors (Lipinski definition) is 1. The number of anilines is 1. The molecule has 12 heteroatoms. The van der Waals surface area contributed by atoms with E-state index in [9.17, 15) is 31.2 Å². The second-order valence-corrected chi connectivity index (χ2v) is 8.60. The van der Waals surface area contributed by atoms with Gasteiger partial charge in [0.1, 0.15) is 16.9 Å². The molecule has 164 valence electrons. The van der Waals surface area contributed by atoms with Crippen LogP contribution < -0.4 is 15.1 Å². The lowest BCUT2D eigenvalue weighted by atomic mass is 10.0. The molecule has 2 heterocycles. The van der Waals surface area contributed by atoms with Crippen molar-refractivity contribution in [3.63, 3.8) is 0 Å². The minimum Gasteiger partial charge on any atom is -0.422 e. The zero-order chi connectivity index (χ0) is 22.3. The van der Waals surface area contributed by atoms with Crippen LogP contribution >= 0.6 is 0 Å². The highest BCUT2D eigenvalue weighted by Crippen LogP contribution is 2.33. The van der Waals surface area contributed by atoms with Gasteiger partial charge in [0.2, 0.25) is 0 Å². The summed E-state index contributed by atoms with van der Waals surface area (Å²) in [4.78, 5) is 26.6. The second-order valence-electron chi connectivity index (χ2n) is 7.06. The van der Waals surface area contributed by atoms with Crippen molar-refractivity contribution in [1.29, 1.82) is 0 Å². The van der Waals surface area contributed by atoms with Gasteiger partial charge in [0.05, 0.1) is 5.69 Å². The summed E-state index contributed by atoms with van der Waals surface area (Å²) >= 11 is 0. The average Bonchev–Trinajstić information content (AvgIpc) is 2.61. The van der Waals surface area contributed by atoms with Crippen LogP contribution in [0.1, 0.15) is 30.1 Å². The van der Waals surface area contributed by atoms with Crippen LogP contribution in [0.3, 0.4) is 0 Å². The van der Waals surface area contributed by atoms with E-state index in [2.05, 4.69) is 14.4 Å². The lowest BCUT2D eigenvalue weighted by Crippen LogP contribution is -2.37. The van der Waals surface area contributed by atoms with E-state index in [1.807, 2.05) is 7.05 Å². The number of likely N-dealkylation sites (tertiary alicyclic amines) is 1. The van der Waals surface area contributed by atoms with Gasteiger partial charge in [0.25, 0.3) is 0 Å². The van der Waals surface area contributed by atoms with Gasteiger partial charge in [0.15, 0.2) is 5.78 Å². The zero-order valence-corrected chi connectivity index (χ0v) is 16.9. The first kappa shape index (κ1) is 22.1. The fourth-order valence-corrected chi connectivity index (χ4v) is 3.69. The van der Waals surface area contributed by atoms with E-state index in [-0.39, 0.29) is 28.3 Å². The number of alkyl halides is 3. The number of nitrogens with zero attached hydrogens (tertiary/aromatic N) is 1. The number of rotatable bonds is 5. The maximum absolute atomic E-state index is 12.6. The predicted octanol–water partition coefficient (Wildman–Crippen LogP) is 2.73. The fraction of sp³-hybridized carbons (Fsp3) is 0.444. The van der Waals surface area contributed by atoms with Gasteiger partial charge in [-0.2, -0.15) is 21.6 Å². The minimum absolute atomic E-state index is 0.0363. The van der Waals surface area contributed by atoms with Gasteiger partial charge in [-0.05, 0) is 52.0 Å². The highest BCUT2D eigenvalue weighted by Gasteiger charge is 2.48. The Labute approximate surface area is 169 Å². The van der Waals surface area contributed by atoms with Crippen LogP contribution in [0.15, 0.2) is 27.4 Å². The summed E-state index contributed by atoms with van der Waals surface area (Å²) < 4.78 is 69.3. The zero-order valence-electron chi connectivity index (χ0n) is 16.1. The quantitative estimate of drug-likeness (QED) is 0.322. The van der Waals surface area contributed by atoms with Crippen LogP contribution in [0.4, 0.5) is 18.9 Å². The molecule has 0 bridgehead atoms. The number of benzene rings is 1. The molecule has 1 fully saturated rings. The lowest BCUT2D eigenvalue weighted by molar-refractivity contribution is -0.0500. The number of ketones is 1. The summed E-state index contributed by atoms with van der Waals surface area (Å²) in [5.74, 6) is -1.22. The third kappa shape index (κ3) is 4.43. The molecule has 3 rings (SSSR count). The number of fused-ring (bicyclic) bond motifs is 1. The van der Waals surface area contributed by atoms with E-state index in [4.69, 9.17) is 4.42 Å². The van der Waals surface area contributed by atoms with Crippen LogP contribution in [0.2, 0.25) is 0 Å². The molecule has 1 aromatic carbocycles. The summed E-state index contributed by atoms with van der Waals surface area (Å²) in [6.45, 7) is 2.81.